The molecule has 1 N–H and O–H groups in total. The monoisotopic (exact) mass is 313 g/mol. The van der Waals surface area contributed by atoms with Gasteiger partial charge in [-0.25, -0.2) is 9.18 Å². The highest BCUT2D eigenvalue weighted by molar-refractivity contribution is 5.67. The number of hydrogen-bond donors (Lipinski definition) is 1. The molecule has 1 aliphatic carbocycles. The lowest BCUT2D eigenvalue weighted by atomic mass is 9.97. The van der Waals surface area contributed by atoms with Crippen molar-refractivity contribution in [1.29, 1.82) is 0 Å². The van der Waals surface area contributed by atoms with Crippen molar-refractivity contribution in [2.24, 2.45) is 0 Å². The summed E-state index contributed by atoms with van der Waals surface area (Å²) in [6.45, 7) is 0.271. The first-order valence-corrected chi connectivity index (χ1v) is 7.93. The van der Waals surface area contributed by atoms with Gasteiger partial charge in [-0.3, -0.25) is 0 Å². The van der Waals surface area contributed by atoms with Crippen molar-refractivity contribution in [2.75, 3.05) is 0 Å². The summed E-state index contributed by atoms with van der Waals surface area (Å²) in [5.74, 6) is 0.0892. The van der Waals surface area contributed by atoms with Gasteiger partial charge in [-0.05, 0) is 48.4 Å². The van der Waals surface area contributed by atoms with E-state index in [1.807, 2.05) is 36.4 Å². The average Bonchev–Trinajstić information content (AvgIpc) is 3.02. The van der Waals surface area contributed by atoms with Crippen LogP contribution in [0.15, 0.2) is 54.6 Å². The molecule has 3 rings (SSSR count). The molecule has 1 saturated carbocycles. The van der Waals surface area contributed by atoms with Crippen LogP contribution in [0.1, 0.15) is 36.3 Å². The Labute approximate surface area is 135 Å². The number of benzene rings is 2. The lowest BCUT2D eigenvalue weighted by molar-refractivity contribution is 0.135. The van der Waals surface area contributed by atoms with Crippen LogP contribution in [-0.4, -0.2) is 12.1 Å². The molecular weight excluding hydrogens is 293 g/mol. The molecule has 120 valence electrons. The Morgan fingerprint density at radius 2 is 1.96 bits per heavy atom. The highest BCUT2D eigenvalue weighted by Gasteiger charge is 2.27. The molecule has 2 aromatic rings. The summed E-state index contributed by atoms with van der Waals surface area (Å²) in [6, 6.07) is 16.4. The van der Waals surface area contributed by atoms with E-state index in [4.69, 9.17) is 4.74 Å². The van der Waals surface area contributed by atoms with E-state index in [2.05, 4.69) is 5.32 Å². The van der Waals surface area contributed by atoms with Crippen LogP contribution in [0.5, 0.6) is 0 Å². The van der Waals surface area contributed by atoms with Crippen molar-refractivity contribution in [3.8, 4) is 0 Å². The first-order chi connectivity index (χ1) is 11.2. The second-order valence-corrected chi connectivity index (χ2v) is 5.97. The number of halogens is 1. The van der Waals surface area contributed by atoms with E-state index in [9.17, 15) is 9.18 Å². The van der Waals surface area contributed by atoms with E-state index in [0.29, 0.717) is 5.92 Å². The van der Waals surface area contributed by atoms with Crippen LogP contribution in [0, 0.1) is 5.82 Å². The number of carbonyl (C=O) groups is 1. The van der Waals surface area contributed by atoms with Gasteiger partial charge in [0.15, 0.2) is 0 Å². The van der Waals surface area contributed by atoms with Crippen molar-refractivity contribution < 1.29 is 13.9 Å². The van der Waals surface area contributed by atoms with Gasteiger partial charge < -0.3 is 10.1 Å². The number of ether oxygens (including phenoxy) is 1. The third-order valence-electron chi connectivity index (χ3n) is 4.29. The van der Waals surface area contributed by atoms with E-state index in [-0.39, 0.29) is 18.5 Å². The van der Waals surface area contributed by atoms with Crippen LogP contribution in [0.3, 0.4) is 0 Å². The molecule has 0 aliphatic heterocycles. The molecule has 1 fully saturated rings. The van der Waals surface area contributed by atoms with Crippen molar-refractivity contribution >= 4 is 6.09 Å². The molecule has 0 saturated heterocycles. The van der Waals surface area contributed by atoms with Crippen molar-refractivity contribution in [3.05, 3.63) is 71.5 Å². The van der Waals surface area contributed by atoms with Crippen LogP contribution in [0.2, 0.25) is 0 Å². The first-order valence-electron chi connectivity index (χ1n) is 7.93. The minimum Gasteiger partial charge on any atom is -0.445 e. The van der Waals surface area contributed by atoms with E-state index >= 15 is 0 Å². The molecule has 0 heterocycles. The summed E-state index contributed by atoms with van der Waals surface area (Å²) in [7, 11) is 0. The van der Waals surface area contributed by atoms with E-state index in [1.165, 1.54) is 6.07 Å². The SMILES string of the molecule is O=C(N[C@@H]1CC[C@H](c2cccc(F)c2)C1)OCc1ccccc1. The highest BCUT2D eigenvalue weighted by Crippen LogP contribution is 2.34. The Morgan fingerprint density at radius 1 is 1.13 bits per heavy atom. The van der Waals surface area contributed by atoms with Gasteiger partial charge >= 0.3 is 6.09 Å². The largest absolute Gasteiger partial charge is 0.445 e. The Morgan fingerprint density at radius 3 is 2.74 bits per heavy atom. The molecule has 4 heteroatoms. The van der Waals surface area contributed by atoms with Crippen molar-refractivity contribution in [3.63, 3.8) is 0 Å². The molecule has 0 unspecified atom stereocenters. The number of nitrogens with one attached hydrogen (secondary N) is 1. The molecule has 2 aromatic carbocycles. The summed E-state index contributed by atoms with van der Waals surface area (Å²) in [5, 5.41) is 2.91. The van der Waals surface area contributed by atoms with Crippen LogP contribution in [0.4, 0.5) is 9.18 Å². The Bertz CT molecular complexity index is 659. The predicted octanol–water partition coefficient (Wildman–Crippen LogP) is 4.39. The maximum absolute atomic E-state index is 13.3. The fraction of sp³-hybridized carbons (Fsp3) is 0.316. The smallest absolute Gasteiger partial charge is 0.407 e. The number of alkyl carbamates (subject to hydrolysis) is 1. The maximum atomic E-state index is 13.3. The standard InChI is InChI=1S/C19H20FNO2/c20-17-8-4-7-15(11-17)16-9-10-18(12-16)21-19(22)23-13-14-5-2-1-3-6-14/h1-8,11,16,18H,9-10,12-13H2,(H,21,22)/t16-,18+/m0/s1. The lowest BCUT2D eigenvalue weighted by Crippen LogP contribution is -2.33. The number of amides is 1. The van der Waals surface area contributed by atoms with E-state index in [1.54, 1.807) is 12.1 Å². The second-order valence-electron chi connectivity index (χ2n) is 5.97. The lowest BCUT2D eigenvalue weighted by Gasteiger charge is -2.14. The number of carbonyl (C=O) groups excluding carboxylic acids is 1. The van der Waals surface area contributed by atoms with Crippen LogP contribution < -0.4 is 5.32 Å². The number of hydrogen-bond acceptors (Lipinski definition) is 2. The van der Waals surface area contributed by atoms with Gasteiger partial charge in [0.1, 0.15) is 12.4 Å². The zero-order valence-corrected chi connectivity index (χ0v) is 12.9. The molecule has 0 aromatic heterocycles. The summed E-state index contributed by atoms with van der Waals surface area (Å²) < 4.78 is 18.5. The summed E-state index contributed by atoms with van der Waals surface area (Å²) >= 11 is 0. The first kappa shape index (κ1) is 15.5. The van der Waals surface area contributed by atoms with Gasteiger partial charge in [0.25, 0.3) is 0 Å². The van der Waals surface area contributed by atoms with Gasteiger partial charge in [0.05, 0.1) is 0 Å². The predicted molar refractivity (Wildman–Crippen MR) is 86.5 cm³/mol. The zero-order valence-electron chi connectivity index (χ0n) is 12.9. The van der Waals surface area contributed by atoms with Gasteiger partial charge in [0.2, 0.25) is 0 Å². The van der Waals surface area contributed by atoms with Gasteiger partial charge in [0, 0.05) is 6.04 Å². The number of rotatable bonds is 4. The second kappa shape index (κ2) is 7.27. The van der Waals surface area contributed by atoms with Gasteiger partial charge in [-0.1, -0.05) is 42.5 Å². The normalized spacial score (nSPS) is 20.2. The third-order valence-corrected chi connectivity index (χ3v) is 4.29. The van der Waals surface area contributed by atoms with E-state index < -0.39 is 6.09 Å². The minimum atomic E-state index is -0.390. The molecule has 2 atom stereocenters. The molecule has 0 spiro atoms. The molecule has 0 radical (unpaired) electrons. The Balaban J connectivity index is 1.47. The minimum absolute atomic E-state index is 0.0894. The molecule has 23 heavy (non-hydrogen) atoms. The quantitative estimate of drug-likeness (QED) is 0.909. The average molecular weight is 313 g/mol. The summed E-state index contributed by atoms with van der Waals surface area (Å²) in [4.78, 5) is 11.9. The summed E-state index contributed by atoms with van der Waals surface area (Å²) in [5.41, 5.74) is 1.97. The Kier molecular flexibility index (Phi) is 4.91. The van der Waals surface area contributed by atoms with Crippen LogP contribution in [-0.2, 0) is 11.3 Å². The van der Waals surface area contributed by atoms with Crippen LogP contribution >= 0.6 is 0 Å². The fourth-order valence-corrected chi connectivity index (χ4v) is 3.11. The molecule has 1 amide bonds. The van der Waals surface area contributed by atoms with Crippen LogP contribution in [0.25, 0.3) is 0 Å². The van der Waals surface area contributed by atoms with Crippen molar-refractivity contribution in [2.45, 2.75) is 37.8 Å². The Hall–Kier alpha value is -2.36. The topological polar surface area (TPSA) is 38.3 Å². The van der Waals surface area contributed by atoms with E-state index in [0.717, 1.165) is 30.4 Å². The zero-order chi connectivity index (χ0) is 16.1. The molecule has 3 nitrogen and oxygen atoms in total. The molecule has 0 bridgehead atoms. The maximum Gasteiger partial charge on any atom is 0.407 e. The molecule has 1 aliphatic rings. The molecular formula is C19H20FNO2. The third kappa shape index (κ3) is 4.31. The van der Waals surface area contributed by atoms with Gasteiger partial charge in [-0.2, -0.15) is 0 Å². The fourth-order valence-electron chi connectivity index (χ4n) is 3.11. The highest BCUT2D eigenvalue weighted by atomic mass is 19.1. The van der Waals surface area contributed by atoms with Crippen molar-refractivity contribution in [1.82, 2.24) is 5.32 Å². The summed E-state index contributed by atoms with van der Waals surface area (Å²) in [6.07, 6.45) is 2.28. The van der Waals surface area contributed by atoms with Gasteiger partial charge in [-0.15, -0.1) is 0 Å².